The van der Waals surface area contributed by atoms with Crippen LogP contribution in [0.4, 0.5) is 5.69 Å². The smallest absolute Gasteiger partial charge is 0.311 e. The molecule has 53 heavy (non-hydrogen) atoms. The average Bonchev–Trinajstić information content (AvgIpc) is 3.16. The number of benzene rings is 3. The molecule has 0 unspecified atom stereocenters. The van der Waals surface area contributed by atoms with Crippen molar-refractivity contribution in [3.63, 3.8) is 0 Å². The van der Waals surface area contributed by atoms with Crippen molar-refractivity contribution in [3.05, 3.63) is 89.0 Å². The minimum Gasteiger partial charge on any atom is -0.490 e. The van der Waals surface area contributed by atoms with Gasteiger partial charge < -0.3 is 33.3 Å². The summed E-state index contributed by atoms with van der Waals surface area (Å²) in [6.07, 6.45) is 1.15. The first-order valence-corrected chi connectivity index (χ1v) is 19.8. The fraction of sp³-hybridized carbons (Fsp3) is 0.537. The Morgan fingerprint density at radius 1 is 0.906 bits per heavy atom. The standard InChI is InChI=1S/C41H56N2O9S/c1-30-8-15-35(16-9-30)53(45,46)43-27-39(52-29-32-12-17-38-37(24-32)42(19-21-51-38)18-7-20-47-4)36(25-34(43)26-41(2,3)40(44)49-6)33-13-10-31(11-14-33)28-50-23-22-48-5/h8-17,24,34,36,39H,7,18-23,25-29H2,1-6H3/t34-,36-,39+/m1/s1. The number of rotatable bonds is 18. The molecule has 11 nitrogen and oxygen atoms in total. The number of aryl methyl sites for hydroxylation is 1. The second-order valence-corrected chi connectivity index (χ2v) is 16.5. The molecule has 3 aromatic carbocycles. The molecule has 0 aromatic heterocycles. The van der Waals surface area contributed by atoms with E-state index in [2.05, 4.69) is 23.1 Å². The summed E-state index contributed by atoms with van der Waals surface area (Å²) in [4.78, 5) is 15.5. The molecule has 12 heteroatoms. The Morgan fingerprint density at radius 2 is 1.62 bits per heavy atom. The predicted octanol–water partition coefficient (Wildman–Crippen LogP) is 6.11. The molecule has 0 saturated carbocycles. The molecular formula is C41H56N2O9S. The van der Waals surface area contributed by atoms with E-state index in [-0.39, 0.29) is 36.4 Å². The summed E-state index contributed by atoms with van der Waals surface area (Å²) in [6, 6.07) is 20.8. The maximum atomic E-state index is 14.5. The van der Waals surface area contributed by atoms with Crippen LogP contribution < -0.4 is 9.64 Å². The van der Waals surface area contributed by atoms with Crippen LogP contribution in [-0.2, 0) is 51.7 Å². The molecule has 5 rings (SSSR count). The molecule has 1 fully saturated rings. The van der Waals surface area contributed by atoms with Crippen LogP contribution in [0.3, 0.4) is 0 Å². The maximum Gasteiger partial charge on any atom is 0.311 e. The molecule has 0 radical (unpaired) electrons. The van der Waals surface area contributed by atoms with Crippen LogP contribution in [0, 0.1) is 12.3 Å². The zero-order valence-electron chi connectivity index (χ0n) is 32.0. The van der Waals surface area contributed by atoms with Gasteiger partial charge in [0.25, 0.3) is 0 Å². The molecule has 3 atom stereocenters. The molecule has 2 aliphatic rings. The van der Waals surface area contributed by atoms with Crippen molar-refractivity contribution >= 4 is 21.7 Å². The number of carbonyl (C=O) groups excluding carboxylic acids is 1. The van der Waals surface area contributed by atoms with E-state index in [4.69, 9.17) is 28.4 Å². The zero-order chi connectivity index (χ0) is 38.0. The van der Waals surface area contributed by atoms with Crippen molar-refractivity contribution in [1.82, 2.24) is 4.31 Å². The summed E-state index contributed by atoms with van der Waals surface area (Å²) in [5, 5.41) is 0. The quantitative estimate of drug-likeness (QED) is 0.111. The van der Waals surface area contributed by atoms with Gasteiger partial charge in [0.1, 0.15) is 12.4 Å². The molecule has 290 valence electrons. The third-order valence-corrected chi connectivity index (χ3v) is 12.1. The van der Waals surface area contributed by atoms with E-state index in [1.54, 1.807) is 42.8 Å². The number of methoxy groups -OCH3 is 3. The van der Waals surface area contributed by atoms with Gasteiger partial charge in [-0.15, -0.1) is 0 Å². The van der Waals surface area contributed by atoms with Gasteiger partial charge in [0.05, 0.1) is 62.2 Å². The van der Waals surface area contributed by atoms with E-state index in [1.807, 2.05) is 45.0 Å². The van der Waals surface area contributed by atoms with Crippen molar-refractivity contribution in [3.8, 4) is 5.75 Å². The summed E-state index contributed by atoms with van der Waals surface area (Å²) in [5.74, 6) is 0.296. The average molecular weight is 753 g/mol. The van der Waals surface area contributed by atoms with E-state index in [0.717, 1.165) is 53.2 Å². The van der Waals surface area contributed by atoms with Crippen LogP contribution >= 0.6 is 0 Å². The number of esters is 1. The Balaban J connectivity index is 1.47. The minimum absolute atomic E-state index is 0.113. The molecule has 0 spiro atoms. The fourth-order valence-electron chi connectivity index (χ4n) is 7.25. The number of hydrogen-bond donors (Lipinski definition) is 0. The summed E-state index contributed by atoms with van der Waals surface area (Å²) in [5.41, 5.74) is 4.08. The third kappa shape index (κ3) is 10.4. The second-order valence-electron chi connectivity index (χ2n) is 14.6. The number of anilines is 1. The maximum absolute atomic E-state index is 14.5. The van der Waals surface area contributed by atoms with Crippen molar-refractivity contribution in [2.45, 2.75) is 76.2 Å². The first kappa shape index (κ1) is 40.7. The fourth-order valence-corrected chi connectivity index (χ4v) is 8.89. The van der Waals surface area contributed by atoms with Crippen LogP contribution in [0.25, 0.3) is 0 Å². The van der Waals surface area contributed by atoms with E-state index in [9.17, 15) is 13.2 Å². The van der Waals surface area contributed by atoms with Crippen molar-refractivity contribution < 1.29 is 41.6 Å². The normalized spacial score (nSPS) is 19.4. The number of ether oxygens (including phenoxy) is 6. The SMILES string of the molecule is COCCCN1CCOc2ccc(CO[C@H]3CN(S(=O)(=O)c4ccc(C)cc4)[C@@H](CC(C)(C)C(=O)OC)C[C@@H]3c3ccc(COCCOC)cc3)cc21. The van der Waals surface area contributed by atoms with Gasteiger partial charge in [-0.1, -0.05) is 48.0 Å². The lowest BCUT2D eigenvalue weighted by Crippen LogP contribution is -2.54. The van der Waals surface area contributed by atoms with Crippen molar-refractivity contribution in [1.29, 1.82) is 0 Å². The van der Waals surface area contributed by atoms with Gasteiger partial charge in [-0.05, 0) is 81.0 Å². The highest BCUT2D eigenvalue weighted by Crippen LogP contribution is 2.42. The van der Waals surface area contributed by atoms with Gasteiger partial charge in [0.15, 0.2) is 0 Å². The lowest BCUT2D eigenvalue weighted by molar-refractivity contribution is -0.152. The zero-order valence-corrected chi connectivity index (χ0v) is 32.9. The first-order valence-electron chi connectivity index (χ1n) is 18.4. The second kappa shape index (κ2) is 18.7. The molecule has 0 bridgehead atoms. The van der Waals surface area contributed by atoms with E-state index in [1.165, 1.54) is 7.11 Å². The van der Waals surface area contributed by atoms with Crippen LogP contribution in [0.15, 0.2) is 71.6 Å². The van der Waals surface area contributed by atoms with E-state index < -0.39 is 27.6 Å². The summed E-state index contributed by atoms with van der Waals surface area (Å²) in [7, 11) is 0.758. The monoisotopic (exact) mass is 752 g/mol. The third-order valence-electron chi connectivity index (χ3n) is 10.2. The van der Waals surface area contributed by atoms with Crippen LogP contribution in [0.5, 0.6) is 5.75 Å². The van der Waals surface area contributed by atoms with E-state index >= 15 is 0 Å². The molecule has 1 saturated heterocycles. The van der Waals surface area contributed by atoms with Crippen molar-refractivity contribution in [2.24, 2.45) is 5.41 Å². The van der Waals surface area contributed by atoms with Gasteiger partial charge >= 0.3 is 5.97 Å². The molecule has 2 heterocycles. The first-order chi connectivity index (χ1) is 25.5. The van der Waals surface area contributed by atoms with Crippen LogP contribution in [-0.4, -0.2) is 98.2 Å². The number of piperidine rings is 1. The summed E-state index contributed by atoms with van der Waals surface area (Å²) in [6.45, 7) is 10.4. The van der Waals surface area contributed by atoms with E-state index in [0.29, 0.717) is 39.5 Å². The van der Waals surface area contributed by atoms with Gasteiger partial charge in [-0.2, -0.15) is 4.31 Å². The Morgan fingerprint density at radius 3 is 2.32 bits per heavy atom. The molecule has 3 aromatic rings. The largest absolute Gasteiger partial charge is 0.490 e. The molecule has 0 N–H and O–H groups in total. The molecular weight excluding hydrogens is 697 g/mol. The lowest BCUT2D eigenvalue weighted by atomic mass is 9.77. The van der Waals surface area contributed by atoms with Crippen LogP contribution in [0.1, 0.15) is 61.3 Å². The van der Waals surface area contributed by atoms with Gasteiger partial charge in [0.2, 0.25) is 10.0 Å². The highest BCUT2D eigenvalue weighted by Gasteiger charge is 2.46. The highest BCUT2D eigenvalue weighted by molar-refractivity contribution is 7.89. The molecule has 0 aliphatic carbocycles. The predicted molar refractivity (Wildman–Crippen MR) is 204 cm³/mol. The van der Waals surface area contributed by atoms with Crippen molar-refractivity contribution in [2.75, 3.05) is 72.3 Å². The summed E-state index contributed by atoms with van der Waals surface area (Å²) >= 11 is 0. The topological polar surface area (TPSA) is 113 Å². The Kier molecular flexibility index (Phi) is 14.3. The van der Waals surface area contributed by atoms with Gasteiger partial charge in [0, 0.05) is 45.9 Å². The lowest BCUT2D eigenvalue weighted by Gasteiger charge is -2.45. The van der Waals surface area contributed by atoms with Crippen LogP contribution in [0.2, 0.25) is 0 Å². The number of hydrogen-bond acceptors (Lipinski definition) is 10. The Hall–Kier alpha value is -3.52. The molecule has 2 aliphatic heterocycles. The Labute approximate surface area is 315 Å². The minimum atomic E-state index is -3.97. The number of sulfonamides is 1. The summed E-state index contributed by atoms with van der Waals surface area (Å²) < 4.78 is 64.6. The number of fused-ring (bicyclic) bond motifs is 1. The van der Waals surface area contributed by atoms with Gasteiger partial charge in [-0.3, -0.25) is 4.79 Å². The Bertz CT molecular complexity index is 1730. The number of nitrogens with zero attached hydrogens (tertiary/aromatic N) is 2. The highest BCUT2D eigenvalue weighted by atomic mass is 32.2. The van der Waals surface area contributed by atoms with Gasteiger partial charge in [-0.25, -0.2) is 8.42 Å². The molecule has 0 amide bonds. The number of carbonyl (C=O) groups is 1.